The molecule has 0 heterocycles. The van der Waals surface area contributed by atoms with Crippen LogP contribution in [0.25, 0.3) is 0 Å². The van der Waals surface area contributed by atoms with Gasteiger partial charge >= 0.3 is 0 Å². The largest absolute Gasteiger partial charge is 0.456 e. The molecule has 98 valence electrons. The quantitative estimate of drug-likeness (QED) is 0.601. The number of nitrogens with two attached hydrogens (primary N) is 1. The molecule has 0 unspecified atom stereocenters. The number of amidine groups is 1. The summed E-state index contributed by atoms with van der Waals surface area (Å²) in [6.07, 6.45) is 0. The third kappa shape index (κ3) is 3.36. The van der Waals surface area contributed by atoms with Crippen molar-refractivity contribution >= 4 is 37.7 Å². The van der Waals surface area contributed by atoms with Gasteiger partial charge in [0.25, 0.3) is 0 Å². The van der Waals surface area contributed by atoms with E-state index >= 15 is 0 Å². The zero-order valence-corrected chi connectivity index (χ0v) is 13.4. The Labute approximate surface area is 128 Å². The summed E-state index contributed by atoms with van der Waals surface area (Å²) in [5, 5.41) is 7.58. The van der Waals surface area contributed by atoms with Crippen LogP contribution in [0.1, 0.15) is 11.1 Å². The molecular weight excluding hydrogens is 372 g/mol. The predicted octanol–water partition coefficient (Wildman–Crippen LogP) is 4.60. The van der Waals surface area contributed by atoms with Gasteiger partial charge in [0.1, 0.15) is 17.3 Å². The van der Waals surface area contributed by atoms with Gasteiger partial charge in [0.05, 0.1) is 5.56 Å². The first-order valence-electron chi connectivity index (χ1n) is 5.55. The summed E-state index contributed by atoms with van der Waals surface area (Å²) >= 11 is 6.80. The van der Waals surface area contributed by atoms with E-state index in [1.807, 2.05) is 31.2 Å². The summed E-state index contributed by atoms with van der Waals surface area (Å²) < 4.78 is 7.74. The van der Waals surface area contributed by atoms with Crippen molar-refractivity contribution < 1.29 is 4.74 Å². The maximum absolute atomic E-state index is 7.58. The van der Waals surface area contributed by atoms with Crippen LogP contribution in [0.15, 0.2) is 45.3 Å². The standard InChI is InChI=1S/C14H12Br2N2O/c1-8-6-9(15)3-5-12(8)19-13-7-10(16)2-4-11(13)14(17)18/h2-7H,1H3,(H3,17,18). The highest BCUT2D eigenvalue weighted by molar-refractivity contribution is 9.10. The highest BCUT2D eigenvalue weighted by Gasteiger charge is 2.10. The minimum atomic E-state index is -0.0164. The predicted molar refractivity (Wildman–Crippen MR) is 84.1 cm³/mol. The fraction of sp³-hybridized carbons (Fsp3) is 0.0714. The van der Waals surface area contributed by atoms with E-state index in [1.165, 1.54) is 0 Å². The summed E-state index contributed by atoms with van der Waals surface area (Å²) in [6, 6.07) is 11.2. The number of halogens is 2. The average Bonchev–Trinajstić information content (AvgIpc) is 2.32. The lowest BCUT2D eigenvalue weighted by atomic mass is 10.2. The number of hydrogen-bond acceptors (Lipinski definition) is 2. The molecular formula is C14H12Br2N2O. The summed E-state index contributed by atoms with van der Waals surface area (Å²) in [6.45, 7) is 1.96. The first-order chi connectivity index (χ1) is 8.97. The number of nitrogen functional groups attached to an aromatic ring is 1. The van der Waals surface area contributed by atoms with Gasteiger partial charge in [0.15, 0.2) is 0 Å². The van der Waals surface area contributed by atoms with Crippen LogP contribution < -0.4 is 10.5 Å². The third-order valence-corrected chi connectivity index (χ3v) is 3.58. The number of benzene rings is 2. The number of aryl methyl sites for hydroxylation is 1. The Hall–Kier alpha value is -1.33. The van der Waals surface area contributed by atoms with Crippen molar-refractivity contribution in [3.63, 3.8) is 0 Å². The molecule has 0 aliphatic heterocycles. The van der Waals surface area contributed by atoms with E-state index in [9.17, 15) is 0 Å². The SMILES string of the molecule is Cc1cc(Br)ccc1Oc1cc(Br)ccc1C(=N)N. The average molecular weight is 384 g/mol. The van der Waals surface area contributed by atoms with Crippen LogP contribution in [-0.2, 0) is 0 Å². The van der Waals surface area contributed by atoms with Crippen LogP contribution in [0.2, 0.25) is 0 Å². The Morgan fingerprint density at radius 3 is 2.32 bits per heavy atom. The maximum Gasteiger partial charge on any atom is 0.139 e. The lowest BCUT2D eigenvalue weighted by Crippen LogP contribution is -2.12. The minimum absolute atomic E-state index is 0.0164. The summed E-state index contributed by atoms with van der Waals surface area (Å²) in [4.78, 5) is 0. The van der Waals surface area contributed by atoms with Crippen molar-refractivity contribution in [2.45, 2.75) is 6.92 Å². The zero-order valence-electron chi connectivity index (χ0n) is 10.2. The van der Waals surface area contributed by atoms with Crippen molar-refractivity contribution in [3.8, 4) is 11.5 Å². The van der Waals surface area contributed by atoms with E-state index in [0.717, 1.165) is 20.3 Å². The highest BCUT2D eigenvalue weighted by atomic mass is 79.9. The van der Waals surface area contributed by atoms with Crippen LogP contribution in [-0.4, -0.2) is 5.84 Å². The van der Waals surface area contributed by atoms with Gasteiger partial charge in [-0.05, 0) is 48.9 Å². The number of ether oxygens (including phenoxy) is 1. The molecule has 0 amide bonds. The lowest BCUT2D eigenvalue weighted by Gasteiger charge is -2.13. The number of nitrogens with one attached hydrogen (secondary N) is 1. The second kappa shape index (κ2) is 5.75. The summed E-state index contributed by atoms with van der Waals surface area (Å²) in [5.74, 6) is 1.29. The second-order valence-corrected chi connectivity index (χ2v) is 5.90. The molecule has 0 radical (unpaired) electrons. The van der Waals surface area contributed by atoms with Crippen LogP contribution in [0.4, 0.5) is 0 Å². The first kappa shape index (κ1) is 14.1. The molecule has 0 saturated carbocycles. The highest BCUT2D eigenvalue weighted by Crippen LogP contribution is 2.31. The van der Waals surface area contributed by atoms with Crippen molar-refractivity contribution in [2.75, 3.05) is 0 Å². The van der Waals surface area contributed by atoms with Gasteiger partial charge in [-0.25, -0.2) is 0 Å². The molecule has 2 aromatic rings. The Morgan fingerprint density at radius 2 is 1.68 bits per heavy atom. The first-order valence-corrected chi connectivity index (χ1v) is 7.14. The minimum Gasteiger partial charge on any atom is -0.456 e. The molecule has 0 aromatic heterocycles. The molecule has 0 aliphatic carbocycles. The van der Waals surface area contributed by atoms with E-state index < -0.39 is 0 Å². The maximum atomic E-state index is 7.58. The molecule has 5 heteroatoms. The molecule has 0 fully saturated rings. The van der Waals surface area contributed by atoms with E-state index in [2.05, 4.69) is 31.9 Å². The molecule has 0 atom stereocenters. The van der Waals surface area contributed by atoms with Crippen LogP contribution in [0.5, 0.6) is 11.5 Å². The number of hydrogen-bond donors (Lipinski definition) is 2. The molecule has 19 heavy (non-hydrogen) atoms. The Morgan fingerprint density at radius 1 is 1.05 bits per heavy atom. The molecule has 3 N–H and O–H groups in total. The van der Waals surface area contributed by atoms with Gasteiger partial charge < -0.3 is 10.5 Å². The van der Waals surface area contributed by atoms with Crippen molar-refractivity contribution in [1.29, 1.82) is 5.41 Å². The Kier molecular flexibility index (Phi) is 4.27. The van der Waals surface area contributed by atoms with Gasteiger partial charge in [0.2, 0.25) is 0 Å². The molecule has 0 saturated heterocycles. The summed E-state index contributed by atoms with van der Waals surface area (Å²) in [7, 11) is 0. The number of rotatable bonds is 3. The summed E-state index contributed by atoms with van der Waals surface area (Å²) in [5.41, 5.74) is 7.14. The van der Waals surface area contributed by atoms with E-state index in [0.29, 0.717) is 11.3 Å². The van der Waals surface area contributed by atoms with E-state index in [4.69, 9.17) is 15.9 Å². The fourth-order valence-electron chi connectivity index (χ4n) is 1.65. The topological polar surface area (TPSA) is 59.1 Å². The van der Waals surface area contributed by atoms with Crippen LogP contribution in [0, 0.1) is 12.3 Å². The van der Waals surface area contributed by atoms with Crippen molar-refractivity contribution in [3.05, 3.63) is 56.5 Å². The Balaban J connectivity index is 2.42. The van der Waals surface area contributed by atoms with Crippen LogP contribution >= 0.6 is 31.9 Å². The molecule has 2 rings (SSSR count). The molecule has 3 nitrogen and oxygen atoms in total. The van der Waals surface area contributed by atoms with Gasteiger partial charge in [-0.1, -0.05) is 31.9 Å². The van der Waals surface area contributed by atoms with Crippen molar-refractivity contribution in [1.82, 2.24) is 0 Å². The zero-order chi connectivity index (χ0) is 14.0. The smallest absolute Gasteiger partial charge is 0.139 e. The van der Waals surface area contributed by atoms with Gasteiger partial charge in [-0.3, -0.25) is 5.41 Å². The van der Waals surface area contributed by atoms with Gasteiger partial charge in [-0.2, -0.15) is 0 Å². The Bertz CT molecular complexity index is 641. The lowest BCUT2D eigenvalue weighted by molar-refractivity contribution is 0.477. The fourth-order valence-corrected chi connectivity index (χ4v) is 2.46. The third-order valence-electron chi connectivity index (χ3n) is 2.59. The molecule has 0 spiro atoms. The molecule has 2 aromatic carbocycles. The normalized spacial score (nSPS) is 10.3. The second-order valence-electron chi connectivity index (χ2n) is 4.07. The molecule has 0 aliphatic rings. The van der Waals surface area contributed by atoms with E-state index in [-0.39, 0.29) is 5.84 Å². The monoisotopic (exact) mass is 382 g/mol. The van der Waals surface area contributed by atoms with E-state index in [1.54, 1.807) is 12.1 Å². The molecule has 0 bridgehead atoms. The van der Waals surface area contributed by atoms with Crippen LogP contribution in [0.3, 0.4) is 0 Å². The van der Waals surface area contributed by atoms with Gasteiger partial charge in [-0.15, -0.1) is 0 Å². The van der Waals surface area contributed by atoms with Crippen molar-refractivity contribution in [2.24, 2.45) is 5.73 Å². The van der Waals surface area contributed by atoms with Gasteiger partial charge in [0, 0.05) is 8.95 Å².